The number of hydrogen-bond donors (Lipinski definition) is 2. The lowest BCUT2D eigenvalue weighted by Crippen LogP contribution is -2.58. The van der Waals surface area contributed by atoms with Crippen molar-refractivity contribution in [3.63, 3.8) is 0 Å². The molecule has 0 saturated carbocycles. The summed E-state index contributed by atoms with van der Waals surface area (Å²) in [6, 6.07) is 6.88. The second-order valence-corrected chi connectivity index (χ2v) is 8.65. The Kier molecular flexibility index (Phi) is 5.78. The molecule has 0 aliphatic carbocycles. The van der Waals surface area contributed by atoms with Crippen LogP contribution < -0.4 is 15.4 Å². The van der Waals surface area contributed by atoms with E-state index in [-0.39, 0.29) is 29.9 Å². The van der Waals surface area contributed by atoms with Gasteiger partial charge in [-0.15, -0.1) is 10.2 Å². The van der Waals surface area contributed by atoms with Gasteiger partial charge in [-0.05, 0) is 44.5 Å². The lowest BCUT2D eigenvalue weighted by molar-refractivity contribution is -0.129. The third-order valence-corrected chi connectivity index (χ3v) is 6.43. The Labute approximate surface area is 195 Å². The van der Waals surface area contributed by atoms with Crippen molar-refractivity contribution in [2.24, 2.45) is 0 Å². The molecule has 11 heteroatoms. The summed E-state index contributed by atoms with van der Waals surface area (Å²) in [4.78, 5) is 27.4. The predicted octanol–water partition coefficient (Wildman–Crippen LogP) is 1.26. The molecule has 2 fully saturated rings. The van der Waals surface area contributed by atoms with E-state index in [9.17, 15) is 9.59 Å². The molecule has 4 heterocycles. The quantitative estimate of drug-likeness (QED) is 0.550. The number of piperazine rings is 1. The Morgan fingerprint density at radius 3 is 2.76 bits per heavy atom. The minimum Gasteiger partial charge on any atom is -0.497 e. The molecule has 11 nitrogen and oxygen atoms in total. The fourth-order valence-corrected chi connectivity index (χ4v) is 4.72. The SMILES string of the molecule is COc1ccc(-c2nnc(C[C@@H]3CNC(=O)[C@@H]4C[C@H](NC(=O)c5c(C)noc5C)CN34)o2)cc1. The molecule has 2 saturated heterocycles. The largest absolute Gasteiger partial charge is 0.497 e. The Morgan fingerprint density at radius 1 is 1.26 bits per heavy atom. The van der Waals surface area contributed by atoms with Crippen LogP contribution in [0.15, 0.2) is 33.2 Å². The number of fused-ring (bicyclic) bond motifs is 1. The number of nitrogens with one attached hydrogen (secondary N) is 2. The first-order chi connectivity index (χ1) is 16.4. The Balaban J connectivity index is 1.26. The lowest BCUT2D eigenvalue weighted by Gasteiger charge is -2.36. The summed E-state index contributed by atoms with van der Waals surface area (Å²) in [7, 11) is 1.61. The van der Waals surface area contributed by atoms with Crippen molar-refractivity contribution in [2.75, 3.05) is 20.2 Å². The maximum atomic E-state index is 12.8. The molecule has 0 unspecified atom stereocenters. The van der Waals surface area contributed by atoms with Gasteiger partial charge < -0.3 is 24.3 Å². The summed E-state index contributed by atoms with van der Waals surface area (Å²) in [6.45, 7) is 4.47. The number of benzene rings is 1. The summed E-state index contributed by atoms with van der Waals surface area (Å²) in [5.74, 6) is 1.88. The van der Waals surface area contributed by atoms with Gasteiger partial charge in [0, 0.05) is 37.2 Å². The highest BCUT2D eigenvalue weighted by molar-refractivity contribution is 5.96. The molecule has 0 radical (unpaired) electrons. The van der Waals surface area contributed by atoms with Crippen molar-refractivity contribution in [1.82, 2.24) is 30.9 Å². The predicted molar refractivity (Wildman–Crippen MR) is 119 cm³/mol. The first-order valence-electron chi connectivity index (χ1n) is 11.2. The average molecular weight is 466 g/mol. The molecule has 3 aromatic rings. The van der Waals surface area contributed by atoms with Crippen LogP contribution in [0.5, 0.6) is 5.75 Å². The smallest absolute Gasteiger partial charge is 0.257 e. The van der Waals surface area contributed by atoms with Gasteiger partial charge in [-0.1, -0.05) is 5.16 Å². The minimum atomic E-state index is -0.322. The standard InChI is InChI=1S/C23H26N6O5/c1-12-20(13(2)34-28-12)22(31)25-15-8-18-21(30)24-10-16(29(18)11-15)9-19-26-27-23(33-19)14-4-6-17(32-3)7-5-14/h4-7,15-16,18H,8-11H2,1-3H3,(H,24,30)(H,25,31)/t15-,16+,18-/m0/s1. The molecule has 0 bridgehead atoms. The number of aromatic nitrogens is 3. The van der Waals surface area contributed by atoms with Crippen LogP contribution in [0.25, 0.3) is 11.5 Å². The van der Waals surface area contributed by atoms with Gasteiger partial charge in [-0.25, -0.2) is 0 Å². The van der Waals surface area contributed by atoms with Crippen LogP contribution in [0, 0.1) is 13.8 Å². The van der Waals surface area contributed by atoms with Crippen molar-refractivity contribution < 1.29 is 23.3 Å². The number of nitrogens with zero attached hydrogens (tertiary/aromatic N) is 4. The fraction of sp³-hybridized carbons (Fsp3) is 0.435. The summed E-state index contributed by atoms with van der Waals surface area (Å²) >= 11 is 0. The molecule has 2 aliphatic rings. The van der Waals surface area contributed by atoms with Crippen LogP contribution >= 0.6 is 0 Å². The van der Waals surface area contributed by atoms with Crippen molar-refractivity contribution in [2.45, 2.75) is 44.8 Å². The van der Waals surface area contributed by atoms with Crippen LogP contribution in [0.2, 0.25) is 0 Å². The summed E-state index contributed by atoms with van der Waals surface area (Å²) in [6.07, 6.45) is 1.02. The monoisotopic (exact) mass is 466 g/mol. The van der Waals surface area contributed by atoms with Crippen LogP contribution in [0.4, 0.5) is 0 Å². The van der Waals surface area contributed by atoms with Crippen LogP contribution in [0.1, 0.15) is 34.1 Å². The van der Waals surface area contributed by atoms with Crippen molar-refractivity contribution in [3.05, 3.63) is 47.2 Å². The highest BCUT2D eigenvalue weighted by atomic mass is 16.5. The van der Waals surface area contributed by atoms with E-state index >= 15 is 0 Å². The molecule has 34 heavy (non-hydrogen) atoms. The fourth-order valence-electron chi connectivity index (χ4n) is 4.72. The average Bonchev–Trinajstić information content (AvgIpc) is 3.55. The van der Waals surface area contributed by atoms with Crippen LogP contribution in [-0.4, -0.2) is 70.4 Å². The number of hydrogen-bond acceptors (Lipinski definition) is 9. The maximum Gasteiger partial charge on any atom is 0.257 e. The number of methoxy groups -OCH3 is 1. The number of carbonyl (C=O) groups is 2. The van der Waals surface area contributed by atoms with Gasteiger partial charge in [0.05, 0.1) is 18.8 Å². The van der Waals surface area contributed by atoms with E-state index in [0.29, 0.717) is 54.7 Å². The van der Waals surface area contributed by atoms with Gasteiger partial charge in [-0.3, -0.25) is 14.5 Å². The van der Waals surface area contributed by atoms with Crippen molar-refractivity contribution >= 4 is 11.8 Å². The van der Waals surface area contributed by atoms with Gasteiger partial charge in [0.2, 0.25) is 17.7 Å². The van der Waals surface area contributed by atoms with Gasteiger partial charge in [0.25, 0.3) is 5.91 Å². The van der Waals surface area contributed by atoms with Gasteiger partial charge >= 0.3 is 0 Å². The zero-order chi connectivity index (χ0) is 23.8. The Hall–Kier alpha value is -3.73. The van der Waals surface area contributed by atoms with Crippen LogP contribution in [0.3, 0.4) is 0 Å². The lowest BCUT2D eigenvalue weighted by atomic mass is 10.1. The summed E-state index contributed by atoms with van der Waals surface area (Å²) in [5.41, 5.74) is 1.80. The Bertz CT molecular complexity index is 1180. The van der Waals surface area contributed by atoms with E-state index in [1.807, 2.05) is 24.3 Å². The third-order valence-electron chi connectivity index (χ3n) is 6.43. The minimum absolute atomic E-state index is 0.0205. The number of ether oxygens (including phenoxy) is 1. The second kappa shape index (κ2) is 8.90. The number of carbonyl (C=O) groups excluding carboxylic acids is 2. The molecular formula is C23H26N6O5. The topological polar surface area (TPSA) is 136 Å². The highest BCUT2D eigenvalue weighted by Crippen LogP contribution is 2.27. The molecule has 3 atom stereocenters. The van der Waals surface area contributed by atoms with Gasteiger partial charge in [0.1, 0.15) is 17.1 Å². The summed E-state index contributed by atoms with van der Waals surface area (Å²) < 4.78 is 16.2. The molecule has 2 aliphatic heterocycles. The van der Waals surface area contributed by atoms with E-state index in [1.54, 1.807) is 21.0 Å². The molecule has 1 aromatic carbocycles. The highest BCUT2D eigenvalue weighted by Gasteiger charge is 2.44. The number of amides is 2. The molecule has 2 aromatic heterocycles. The van der Waals surface area contributed by atoms with E-state index in [1.165, 1.54) is 0 Å². The van der Waals surface area contributed by atoms with Gasteiger partial charge in [0.15, 0.2) is 0 Å². The van der Waals surface area contributed by atoms with E-state index in [0.717, 1.165) is 11.3 Å². The Morgan fingerprint density at radius 2 is 2.06 bits per heavy atom. The summed E-state index contributed by atoms with van der Waals surface area (Å²) in [5, 5.41) is 18.2. The number of aryl methyl sites for hydroxylation is 2. The first-order valence-corrected chi connectivity index (χ1v) is 11.2. The third kappa shape index (κ3) is 4.14. The van der Waals surface area contributed by atoms with Crippen molar-refractivity contribution in [3.8, 4) is 17.2 Å². The van der Waals surface area contributed by atoms with E-state index in [2.05, 4.69) is 30.9 Å². The molecule has 2 N–H and O–H groups in total. The molecule has 178 valence electrons. The van der Waals surface area contributed by atoms with Crippen LogP contribution in [-0.2, 0) is 11.2 Å². The van der Waals surface area contributed by atoms with Gasteiger partial charge in [-0.2, -0.15) is 0 Å². The number of rotatable bonds is 6. The molecule has 0 spiro atoms. The van der Waals surface area contributed by atoms with E-state index < -0.39 is 0 Å². The second-order valence-electron chi connectivity index (χ2n) is 8.65. The molecule has 5 rings (SSSR count). The van der Waals surface area contributed by atoms with Crippen molar-refractivity contribution in [1.29, 1.82) is 0 Å². The molecular weight excluding hydrogens is 440 g/mol. The first kappa shape index (κ1) is 22.1. The van der Waals surface area contributed by atoms with E-state index in [4.69, 9.17) is 13.7 Å². The molecule has 2 amide bonds. The normalized spacial score (nSPS) is 22.3. The maximum absolute atomic E-state index is 12.8. The zero-order valence-corrected chi connectivity index (χ0v) is 19.2. The zero-order valence-electron chi connectivity index (χ0n) is 19.2.